The number of thiophene rings is 1. The van der Waals surface area contributed by atoms with E-state index < -0.39 is 0 Å². The molecule has 17 heavy (non-hydrogen) atoms. The van der Waals surface area contributed by atoms with Crippen molar-refractivity contribution in [2.24, 2.45) is 0 Å². The molecule has 1 N–H and O–H groups in total. The zero-order chi connectivity index (χ0) is 11.7. The second-order valence-corrected chi connectivity index (χ2v) is 5.18. The van der Waals surface area contributed by atoms with Crippen LogP contribution in [0.4, 0.5) is 5.13 Å². The smallest absolute Gasteiger partial charge is 0.202 e. The molecule has 0 aliphatic heterocycles. The summed E-state index contributed by atoms with van der Waals surface area (Å²) in [4.78, 5) is 8.81. The lowest BCUT2D eigenvalue weighted by molar-refractivity contribution is 1.18. The van der Waals surface area contributed by atoms with Crippen molar-refractivity contribution in [1.29, 1.82) is 0 Å². The van der Waals surface area contributed by atoms with Gasteiger partial charge in [-0.3, -0.25) is 4.98 Å². The van der Waals surface area contributed by atoms with Crippen molar-refractivity contribution < 1.29 is 0 Å². The van der Waals surface area contributed by atoms with E-state index in [0.29, 0.717) is 0 Å². The Morgan fingerprint density at radius 3 is 3.24 bits per heavy atom. The maximum Gasteiger partial charge on any atom is 0.202 e. The SMILES string of the molecule is CCNc1nc(-c2cnc3ccsc3c2)ns1. The maximum atomic E-state index is 4.42. The zero-order valence-corrected chi connectivity index (χ0v) is 10.8. The van der Waals surface area contributed by atoms with Crippen molar-refractivity contribution in [2.75, 3.05) is 11.9 Å². The minimum Gasteiger partial charge on any atom is -0.361 e. The molecule has 0 atom stereocenters. The van der Waals surface area contributed by atoms with Gasteiger partial charge in [-0.25, -0.2) is 0 Å². The minimum absolute atomic E-state index is 0.744. The predicted octanol–water partition coefficient (Wildman–Crippen LogP) is 3.25. The van der Waals surface area contributed by atoms with E-state index >= 15 is 0 Å². The summed E-state index contributed by atoms with van der Waals surface area (Å²) in [5.74, 6) is 0.744. The number of hydrogen-bond acceptors (Lipinski definition) is 6. The number of pyridine rings is 1. The van der Waals surface area contributed by atoms with E-state index in [0.717, 1.165) is 28.6 Å². The second-order valence-electron chi connectivity index (χ2n) is 3.48. The van der Waals surface area contributed by atoms with Gasteiger partial charge in [0.15, 0.2) is 5.82 Å². The van der Waals surface area contributed by atoms with Crippen LogP contribution in [0.15, 0.2) is 23.7 Å². The Labute approximate surface area is 107 Å². The van der Waals surface area contributed by atoms with Crippen LogP contribution in [0, 0.1) is 0 Å². The average molecular weight is 262 g/mol. The van der Waals surface area contributed by atoms with Gasteiger partial charge >= 0.3 is 0 Å². The highest BCUT2D eigenvalue weighted by molar-refractivity contribution is 7.17. The first-order chi connectivity index (χ1) is 8.36. The van der Waals surface area contributed by atoms with Gasteiger partial charge in [-0.2, -0.15) is 9.36 Å². The largest absolute Gasteiger partial charge is 0.361 e. The maximum absolute atomic E-state index is 4.42. The molecule has 86 valence electrons. The number of hydrogen-bond donors (Lipinski definition) is 1. The molecule has 3 aromatic heterocycles. The van der Waals surface area contributed by atoms with E-state index in [1.54, 1.807) is 11.3 Å². The molecule has 0 saturated heterocycles. The zero-order valence-electron chi connectivity index (χ0n) is 9.17. The fourth-order valence-corrected chi connectivity index (χ4v) is 2.97. The van der Waals surface area contributed by atoms with Gasteiger partial charge < -0.3 is 5.32 Å². The van der Waals surface area contributed by atoms with Gasteiger partial charge in [0, 0.05) is 29.8 Å². The van der Waals surface area contributed by atoms with Crippen molar-refractivity contribution in [3.05, 3.63) is 23.7 Å². The van der Waals surface area contributed by atoms with Crippen LogP contribution in [0.1, 0.15) is 6.92 Å². The number of anilines is 1. The standard InChI is InChI=1S/C11H10N4S2/c1-2-12-11-14-10(15-17-11)7-5-9-8(13-6-7)3-4-16-9/h3-6H,2H2,1H3,(H,12,14,15). The van der Waals surface area contributed by atoms with Crippen LogP contribution in [0.5, 0.6) is 0 Å². The molecule has 0 radical (unpaired) electrons. The lowest BCUT2D eigenvalue weighted by Crippen LogP contribution is -1.95. The van der Waals surface area contributed by atoms with Crippen LogP contribution in [0.3, 0.4) is 0 Å². The third-order valence-corrected chi connectivity index (χ3v) is 3.84. The van der Waals surface area contributed by atoms with Gasteiger partial charge in [-0.15, -0.1) is 11.3 Å². The van der Waals surface area contributed by atoms with Crippen molar-refractivity contribution >= 4 is 38.2 Å². The van der Waals surface area contributed by atoms with Crippen LogP contribution in [-0.2, 0) is 0 Å². The Morgan fingerprint density at radius 1 is 1.41 bits per heavy atom. The minimum atomic E-state index is 0.744. The van der Waals surface area contributed by atoms with E-state index in [9.17, 15) is 0 Å². The molecule has 6 heteroatoms. The summed E-state index contributed by atoms with van der Waals surface area (Å²) in [5.41, 5.74) is 2.00. The van der Waals surface area contributed by atoms with E-state index in [1.165, 1.54) is 16.2 Å². The molecule has 0 fully saturated rings. The monoisotopic (exact) mass is 262 g/mol. The third-order valence-electron chi connectivity index (χ3n) is 2.31. The highest BCUT2D eigenvalue weighted by atomic mass is 32.1. The van der Waals surface area contributed by atoms with Crippen molar-refractivity contribution in [3.63, 3.8) is 0 Å². The van der Waals surface area contributed by atoms with Crippen LogP contribution in [0.25, 0.3) is 21.6 Å². The number of fused-ring (bicyclic) bond motifs is 1. The van der Waals surface area contributed by atoms with E-state index in [-0.39, 0.29) is 0 Å². The normalized spacial score (nSPS) is 10.9. The molecule has 0 aliphatic carbocycles. The van der Waals surface area contributed by atoms with Gasteiger partial charge in [0.05, 0.1) is 10.2 Å². The molecule has 4 nitrogen and oxygen atoms in total. The Morgan fingerprint density at radius 2 is 2.35 bits per heavy atom. The molecule has 0 saturated carbocycles. The molecule has 3 heterocycles. The summed E-state index contributed by atoms with van der Waals surface area (Å²) < 4.78 is 5.50. The molecule has 0 aliphatic rings. The Kier molecular flexibility index (Phi) is 2.74. The highest BCUT2D eigenvalue weighted by Crippen LogP contribution is 2.26. The first-order valence-electron chi connectivity index (χ1n) is 5.28. The van der Waals surface area contributed by atoms with Crippen molar-refractivity contribution in [1.82, 2.24) is 14.3 Å². The molecule has 0 unspecified atom stereocenters. The first-order valence-corrected chi connectivity index (χ1v) is 6.93. The Hall–Kier alpha value is -1.53. The fraction of sp³-hybridized carbons (Fsp3) is 0.182. The van der Waals surface area contributed by atoms with Gasteiger partial charge in [0.2, 0.25) is 5.13 Å². The predicted molar refractivity (Wildman–Crippen MR) is 72.7 cm³/mol. The topological polar surface area (TPSA) is 50.7 Å². The molecule has 0 aromatic carbocycles. The molecule has 0 amide bonds. The van der Waals surface area contributed by atoms with E-state index in [1.807, 2.05) is 24.6 Å². The lowest BCUT2D eigenvalue weighted by atomic mass is 10.2. The van der Waals surface area contributed by atoms with Crippen LogP contribution in [-0.4, -0.2) is 20.9 Å². The summed E-state index contributed by atoms with van der Waals surface area (Å²) in [6.45, 7) is 2.90. The van der Waals surface area contributed by atoms with Gasteiger partial charge in [0.1, 0.15) is 0 Å². The third kappa shape index (κ3) is 2.01. The lowest BCUT2D eigenvalue weighted by Gasteiger charge is -1.95. The van der Waals surface area contributed by atoms with Gasteiger partial charge in [0.25, 0.3) is 0 Å². The highest BCUT2D eigenvalue weighted by Gasteiger charge is 2.07. The molecule has 3 aromatic rings. The Bertz CT molecular complexity index is 644. The summed E-state index contributed by atoms with van der Waals surface area (Å²) in [6.07, 6.45) is 1.83. The van der Waals surface area contributed by atoms with E-state index in [2.05, 4.69) is 25.7 Å². The first kappa shape index (κ1) is 10.6. The summed E-state index contributed by atoms with van der Waals surface area (Å²) in [7, 11) is 0. The van der Waals surface area contributed by atoms with Crippen LogP contribution >= 0.6 is 22.9 Å². The van der Waals surface area contributed by atoms with Crippen molar-refractivity contribution in [2.45, 2.75) is 6.92 Å². The quantitative estimate of drug-likeness (QED) is 0.787. The van der Waals surface area contributed by atoms with E-state index in [4.69, 9.17) is 0 Å². The number of nitrogens with one attached hydrogen (secondary N) is 1. The van der Waals surface area contributed by atoms with Crippen LogP contribution in [0.2, 0.25) is 0 Å². The summed E-state index contributed by atoms with van der Waals surface area (Å²) >= 11 is 3.06. The summed E-state index contributed by atoms with van der Waals surface area (Å²) in [5, 5.41) is 6.05. The summed E-state index contributed by atoms with van der Waals surface area (Å²) in [6, 6.07) is 4.10. The molecule has 0 spiro atoms. The van der Waals surface area contributed by atoms with Crippen LogP contribution < -0.4 is 5.32 Å². The molecule has 3 rings (SSSR count). The number of aromatic nitrogens is 3. The number of nitrogens with zero attached hydrogens (tertiary/aromatic N) is 3. The average Bonchev–Trinajstić information content (AvgIpc) is 2.96. The number of rotatable bonds is 3. The molecular formula is C11H10N4S2. The second kappa shape index (κ2) is 4.38. The fourth-order valence-electron chi connectivity index (χ4n) is 1.53. The Balaban J connectivity index is 2.00. The van der Waals surface area contributed by atoms with Gasteiger partial charge in [-0.1, -0.05) is 0 Å². The molecule has 0 bridgehead atoms. The van der Waals surface area contributed by atoms with Crippen molar-refractivity contribution in [3.8, 4) is 11.4 Å². The van der Waals surface area contributed by atoms with Gasteiger partial charge in [-0.05, 0) is 24.4 Å². The molecular weight excluding hydrogens is 252 g/mol.